The van der Waals surface area contributed by atoms with Crippen molar-refractivity contribution in [3.8, 4) is 5.75 Å². The third-order valence-corrected chi connectivity index (χ3v) is 3.95. The van der Waals surface area contributed by atoms with E-state index in [1.165, 1.54) is 0 Å². The van der Waals surface area contributed by atoms with Crippen molar-refractivity contribution in [3.63, 3.8) is 0 Å². The fourth-order valence-corrected chi connectivity index (χ4v) is 2.59. The van der Waals surface area contributed by atoms with E-state index in [9.17, 15) is 4.79 Å². The predicted octanol–water partition coefficient (Wildman–Crippen LogP) is 1.05. The quantitative estimate of drug-likeness (QED) is 0.881. The highest BCUT2D eigenvalue weighted by atomic mass is 16.5. The number of nitrogens with zero attached hydrogens (tertiary/aromatic N) is 2. The first-order valence-electron chi connectivity index (χ1n) is 7.49. The summed E-state index contributed by atoms with van der Waals surface area (Å²) in [5, 5.41) is 0. The van der Waals surface area contributed by atoms with E-state index in [4.69, 9.17) is 10.5 Å². The van der Waals surface area contributed by atoms with Crippen LogP contribution < -0.4 is 10.5 Å². The van der Waals surface area contributed by atoms with Crippen LogP contribution in [0.5, 0.6) is 5.75 Å². The van der Waals surface area contributed by atoms with Crippen LogP contribution in [0.1, 0.15) is 17.3 Å². The lowest BCUT2D eigenvalue weighted by Gasteiger charge is -2.35. The summed E-state index contributed by atoms with van der Waals surface area (Å²) in [7, 11) is 1.61. The summed E-state index contributed by atoms with van der Waals surface area (Å²) in [6.45, 7) is 7.26. The van der Waals surface area contributed by atoms with Gasteiger partial charge < -0.3 is 15.4 Å². The summed E-state index contributed by atoms with van der Waals surface area (Å²) in [5.41, 5.74) is 6.36. The fraction of sp³-hybridized carbons (Fsp3) is 0.562. The Morgan fingerprint density at radius 3 is 2.67 bits per heavy atom. The van der Waals surface area contributed by atoms with Crippen molar-refractivity contribution in [2.75, 3.05) is 46.4 Å². The van der Waals surface area contributed by atoms with E-state index in [1.807, 2.05) is 23.1 Å². The van der Waals surface area contributed by atoms with E-state index in [2.05, 4.69) is 11.8 Å². The summed E-state index contributed by atoms with van der Waals surface area (Å²) in [5.74, 6) is 1.31. The number of hydrogen-bond donors (Lipinski definition) is 1. The molecule has 1 atom stereocenters. The molecule has 116 valence electrons. The monoisotopic (exact) mass is 291 g/mol. The van der Waals surface area contributed by atoms with Gasteiger partial charge in [-0.3, -0.25) is 9.69 Å². The Kier molecular flexibility index (Phi) is 5.59. The summed E-state index contributed by atoms with van der Waals surface area (Å²) in [4.78, 5) is 16.8. The van der Waals surface area contributed by atoms with Gasteiger partial charge in [0, 0.05) is 38.3 Å². The summed E-state index contributed by atoms with van der Waals surface area (Å²) in [6, 6.07) is 7.34. The normalized spacial score (nSPS) is 17.6. The van der Waals surface area contributed by atoms with Crippen molar-refractivity contribution >= 4 is 5.91 Å². The zero-order valence-electron chi connectivity index (χ0n) is 12.9. The number of amides is 1. The zero-order valence-corrected chi connectivity index (χ0v) is 12.9. The second-order valence-corrected chi connectivity index (χ2v) is 5.67. The lowest BCUT2D eigenvalue weighted by atomic mass is 10.1. The Hall–Kier alpha value is -1.59. The van der Waals surface area contributed by atoms with E-state index in [0.29, 0.717) is 18.0 Å². The number of benzene rings is 1. The van der Waals surface area contributed by atoms with Gasteiger partial charge in [-0.05, 0) is 30.7 Å². The van der Waals surface area contributed by atoms with E-state index in [-0.39, 0.29) is 5.91 Å². The zero-order chi connectivity index (χ0) is 15.2. The number of piperazine rings is 1. The first-order chi connectivity index (χ1) is 10.1. The second kappa shape index (κ2) is 7.43. The highest BCUT2D eigenvalue weighted by Gasteiger charge is 2.22. The van der Waals surface area contributed by atoms with Gasteiger partial charge in [0.2, 0.25) is 0 Å². The third kappa shape index (κ3) is 4.19. The van der Waals surface area contributed by atoms with Crippen LogP contribution >= 0.6 is 0 Å². The number of methoxy groups -OCH3 is 1. The minimum atomic E-state index is 0.0837. The van der Waals surface area contributed by atoms with Gasteiger partial charge in [-0.15, -0.1) is 0 Å². The van der Waals surface area contributed by atoms with Crippen molar-refractivity contribution in [2.45, 2.75) is 6.92 Å². The maximum atomic E-state index is 12.5. The lowest BCUT2D eigenvalue weighted by Crippen LogP contribution is -2.50. The smallest absolute Gasteiger partial charge is 0.254 e. The molecule has 1 aromatic rings. The average molecular weight is 291 g/mol. The number of nitrogens with two attached hydrogens (primary N) is 1. The Bertz CT molecular complexity index is 470. The molecule has 0 spiro atoms. The minimum absolute atomic E-state index is 0.0837. The van der Waals surface area contributed by atoms with Gasteiger partial charge in [-0.2, -0.15) is 0 Å². The molecule has 0 bridgehead atoms. The standard InChI is InChI=1S/C16H25N3O2/c1-13(11-17)12-18-6-8-19(9-7-18)16(20)14-4-3-5-15(10-14)21-2/h3-5,10,13H,6-9,11-12,17H2,1-2H3. The second-order valence-electron chi connectivity index (χ2n) is 5.67. The Labute approximate surface area is 126 Å². The minimum Gasteiger partial charge on any atom is -0.497 e. The van der Waals surface area contributed by atoms with E-state index in [1.54, 1.807) is 13.2 Å². The summed E-state index contributed by atoms with van der Waals surface area (Å²) < 4.78 is 5.17. The first kappa shape index (κ1) is 15.8. The van der Waals surface area contributed by atoms with Crippen LogP contribution in [0.25, 0.3) is 0 Å². The maximum Gasteiger partial charge on any atom is 0.254 e. The summed E-state index contributed by atoms with van der Waals surface area (Å²) >= 11 is 0. The van der Waals surface area contributed by atoms with Gasteiger partial charge in [0.15, 0.2) is 0 Å². The van der Waals surface area contributed by atoms with Crippen LogP contribution in [0, 0.1) is 5.92 Å². The first-order valence-corrected chi connectivity index (χ1v) is 7.49. The van der Waals surface area contributed by atoms with E-state index in [0.717, 1.165) is 38.5 Å². The Balaban J connectivity index is 1.90. The van der Waals surface area contributed by atoms with Crippen molar-refractivity contribution in [2.24, 2.45) is 11.7 Å². The van der Waals surface area contributed by atoms with Crippen molar-refractivity contribution in [1.29, 1.82) is 0 Å². The molecule has 1 aliphatic rings. The number of rotatable bonds is 5. The molecule has 2 N–H and O–H groups in total. The molecule has 1 aliphatic heterocycles. The van der Waals surface area contributed by atoms with Crippen LogP contribution in [0.15, 0.2) is 24.3 Å². The molecule has 0 aromatic heterocycles. The van der Waals surface area contributed by atoms with Gasteiger partial charge in [0.1, 0.15) is 5.75 Å². The summed E-state index contributed by atoms with van der Waals surface area (Å²) in [6.07, 6.45) is 0. The maximum absolute atomic E-state index is 12.5. The Morgan fingerprint density at radius 2 is 2.05 bits per heavy atom. The molecule has 0 saturated carbocycles. The van der Waals surface area contributed by atoms with Crippen LogP contribution in [0.3, 0.4) is 0 Å². The fourth-order valence-electron chi connectivity index (χ4n) is 2.59. The third-order valence-electron chi connectivity index (χ3n) is 3.95. The Morgan fingerprint density at radius 1 is 1.33 bits per heavy atom. The number of ether oxygens (including phenoxy) is 1. The van der Waals surface area contributed by atoms with Crippen molar-refractivity contribution in [1.82, 2.24) is 9.80 Å². The van der Waals surface area contributed by atoms with Crippen LogP contribution in [-0.4, -0.2) is 62.1 Å². The molecule has 1 aromatic carbocycles. The molecule has 0 aliphatic carbocycles. The topological polar surface area (TPSA) is 58.8 Å². The van der Waals surface area contributed by atoms with E-state index >= 15 is 0 Å². The lowest BCUT2D eigenvalue weighted by molar-refractivity contribution is 0.0621. The van der Waals surface area contributed by atoms with Crippen LogP contribution in [0.2, 0.25) is 0 Å². The molecule has 1 amide bonds. The molecule has 2 rings (SSSR count). The predicted molar refractivity (Wildman–Crippen MR) is 83.6 cm³/mol. The molecule has 1 unspecified atom stereocenters. The average Bonchev–Trinajstić information content (AvgIpc) is 2.54. The number of hydrogen-bond acceptors (Lipinski definition) is 4. The molecule has 1 heterocycles. The molecular formula is C16H25N3O2. The largest absolute Gasteiger partial charge is 0.497 e. The molecule has 5 heteroatoms. The van der Waals surface area contributed by atoms with Crippen LogP contribution in [-0.2, 0) is 0 Å². The van der Waals surface area contributed by atoms with Crippen molar-refractivity contribution in [3.05, 3.63) is 29.8 Å². The van der Waals surface area contributed by atoms with Gasteiger partial charge in [-0.25, -0.2) is 0 Å². The molecule has 21 heavy (non-hydrogen) atoms. The SMILES string of the molecule is COc1cccc(C(=O)N2CCN(CC(C)CN)CC2)c1. The van der Waals surface area contributed by atoms with Gasteiger partial charge in [0.25, 0.3) is 5.91 Å². The molecule has 1 fully saturated rings. The molecule has 5 nitrogen and oxygen atoms in total. The molecular weight excluding hydrogens is 266 g/mol. The highest BCUT2D eigenvalue weighted by Crippen LogP contribution is 2.15. The molecule has 0 radical (unpaired) electrons. The van der Waals surface area contributed by atoms with Gasteiger partial charge in [0.05, 0.1) is 7.11 Å². The highest BCUT2D eigenvalue weighted by molar-refractivity contribution is 5.94. The van der Waals surface area contributed by atoms with Crippen molar-refractivity contribution < 1.29 is 9.53 Å². The molecule has 1 saturated heterocycles. The van der Waals surface area contributed by atoms with Gasteiger partial charge in [-0.1, -0.05) is 13.0 Å². The number of carbonyl (C=O) groups is 1. The van der Waals surface area contributed by atoms with E-state index < -0.39 is 0 Å². The number of carbonyl (C=O) groups excluding carboxylic acids is 1. The van der Waals surface area contributed by atoms with Gasteiger partial charge >= 0.3 is 0 Å². The van der Waals surface area contributed by atoms with Crippen LogP contribution in [0.4, 0.5) is 0 Å².